The predicted octanol–water partition coefficient (Wildman–Crippen LogP) is 1.97. The molecule has 0 saturated carbocycles. The number of nitrogens with one attached hydrogen (secondary N) is 2. The van der Waals surface area contributed by atoms with E-state index in [1.54, 1.807) is 0 Å². The average Bonchev–Trinajstić information content (AvgIpc) is 2.03. The highest BCUT2D eigenvalue weighted by molar-refractivity contribution is 4.89. The molecule has 2 unspecified atom stereocenters. The lowest BCUT2D eigenvalue weighted by atomic mass is 9.80. The van der Waals surface area contributed by atoms with Crippen LogP contribution in [-0.2, 0) is 0 Å². The second-order valence-electron chi connectivity index (χ2n) is 5.59. The molecular weight excluding hydrogens is 160 g/mol. The summed E-state index contributed by atoms with van der Waals surface area (Å²) in [6.07, 6.45) is 1.25. The van der Waals surface area contributed by atoms with Gasteiger partial charge in [-0.25, -0.2) is 0 Å². The maximum absolute atomic E-state index is 3.53. The molecule has 2 N–H and O–H groups in total. The molecule has 2 heteroatoms. The number of rotatable bonds is 1. The van der Waals surface area contributed by atoms with Crippen LogP contribution >= 0.6 is 0 Å². The van der Waals surface area contributed by atoms with Crippen molar-refractivity contribution >= 4 is 0 Å². The smallest absolute Gasteiger partial charge is 0.0458 e. The summed E-state index contributed by atoms with van der Waals surface area (Å²) in [5.41, 5.74) is 0.384. The van der Waals surface area contributed by atoms with Gasteiger partial charge in [-0.3, -0.25) is 0 Å². The maximum Gasteiger partial charge on any atom is 0.0458 e. The lowest BCUT2D eigenvalue weighted by Crippen LogP contribution is -2.56. The topological polar surface area (TPSA) is 24.1 Å². The quantitative estimate of drug-likeness (QED) is 0.651. The van der Waals surface area contributed by atoms with Gasteiger partial charge < -0.3 is 10.6 Å². The van der Waals surface area contributed by atoms with E-state index < -0.39 is 0 Å². The summed E-state index contributed by atoms with van der Waals surface area (Å²) in [6, 6.07) is 1.34. The molecule has 78 valence electrons. The second-order valence-corrected chi connectivity index (χ2v) is 5.59. The zero-order valence-corrected chi connectivity index (χ0v) is 9.65. The first kappa shape index (κ1) is 11.0. The normalized spacial score (nSPS) is 30.9. The van der Waals surface area contributed by atoms with Crippen molar-refractivity contribution in [2.75, 3.05) is 6.67 Å². The van der Waals surface area contributed by atoms with E-state index in [9.17, 15) is 0 Å². The van der Waals surface area contributed by atoms with Gasteiger partial charge in [0.15, 0.2) is 0 Å². The minimum absolute atomic E-state index is 0.384. The molecule has 0 aromatic heterocycles. The van der Waals surface area contributed by atoms with Crippen LogP contribution in [0.2, 0.25) is 0 Å². The lowest BCUT2D eigenvalue weighted by molar-refractivity contribution is 0.172. The van der Waals surface area contributed by atoms with Gasteiger partial charge in [-0.2, -0.15) is 0 Å². The van der Waals surface area contributed by atoms with E-state index in [-0.39, 0.29) is 0 Å². The molecule has 2 nitrogen and oxygen atoms in total. The van der Waals surface area contributed by atoms with Gasteiger partial charge in [-0.15, -0.1) is 0 Å². The molecule has 1 aliphatic rings. The third kappa shape index (κ3) is 2.96. The molecule has 0 aromatic carbocycles. The molecule has 1 fully saturated rings. The Morgan fingerprint density at radius 2 is 1.77 bits per heavy atom. The van der Waals surface area contributed by atoms with Gasteiger partial charge in [0.1, 0.15) is 0 Å². The van der Waals surface area contributed by atoms with Crippen LogP contribution in [0, 0.1) is 11.3 Å². The van der Waals surface area contributed by atoms with Gasteiger partial charge in [-0.05, 0) is 17.8 Å². The first-order valence-corrected chi connectivity index (χ1v) is 5.38. The van der Waals surface area contributed by atoms with E-state index >= 15 is 0 Å². The van der Waals surface area contributed by atoms with Crippen LogP contribution < -0.4 is 10.6 Å². The monoisotopic (exact) mass is 184 g/mol. The molecule has 1 aliphatic heterocycles. The van der Waals surface area contributed by atoms with E-state index in [1.165, 1.54) is 6.42 Å². The fourth-order valence-electron chi connectivity index (χ4n) is 1.90. The molecule has 2 atom stereocenters. The zero-order chi connectivity index (χ0) is 10.1. The fourth-order valence-corrected chi connectivity index (χ4v) is 1.90. The molecule has 0 aromatic rings. The van der Waals surface area contributed by atoms with Gasteiger partial charge in [0.2, 0.25) is 0 Å². The van der Waals surface area contributed by atoms with Crippen LogP contribution in [0.1, 0.15) is 41.0 Å². The van der Waals surface area contributed by atoms with E-state index in [2.05, 4.69) is 45.3 Å². The number of hydrogen-bond donors (Lipinski definition) is 2. The van der Waals surface area contributed by atoms with Crippen molar-refractivity contribution in [3.8, 4) is 0 Å². The van der Waals surface area contributed by atoms with Crippen LogP contribution in [0.5, 0.6) is 0 Å². The molecule has 0 amide bonds. The highest BCUT2D eigenvalue weighted by Crippen LogP contribution is 2.26. The summed E-state index contributed by atoms with van der Waals surface area (Å²) >= 11 is 0. The fraction of sp³-hybridized carbons (Fsp3) is 1.00. The maximum atomic E-state index is 3.53. The van der Waals surface area contributed by atoms with Crippen LogP contribution in [0.4, 0.5) is 0 Å². The predicted molar refractivity (Wildman–Crippen MR) is 57.6 cm³/mol. The van der Waals surface area contributed by atoms with Crippen molar-refractivity contribution in [3.63, 3.8) is 0 Å². The van der Waals surface area contributed by atoms with Crippen molar-refractivity contribution in [2.24, 2.45) is 11.3 Å². The summed E-state index contributed by atoms with van der Waals surface area (Å²) in [6.45, 7) is 12.5. The highest BCUT2D eigenvalue weighted by Gasteiger charge is 2.30. The Morgan fingerprint density at radius 1 is 1.15 bits per heavy atom. The van der Waals surface area contributed by atoms with Gasteiger partial charge in [0.25, 0.3) is 0 Å². The molecule has 13 heavy (non-hydrogen) atoms. The molecule has 0 radical (unpaired) electrons. The van der Waals surface area contributed by atoms with Crippen LogP contribution in [0.15, 0.2) is 0 Å². The summed E-state index contributed by atoms with van der Waals surface area (Å²) in [5.74, 6) is 0.743. The molecule has 0 aliphatic carbocycles. The summed E-state index contributed by atoms with van der Waals surface area (Å²) in [4.78, 5) is 0. The Labute approximate surface area is 82.5 Å². The third-order valence-corrected chi connectivity index (χ3v) is 3.05. The van der Waals surface area contributed by atoms with Crippen molar-refractivity contribution < 1.29 is 0 Å². The SMILES string of the molecule is CC(C)C1CC(C(C)(C)C)NCN1. The third-order valence-electron chi connectivity index (χ3n) is 3.05. The summed E-state index contributed by atoms with van der Waals surface area (Å²) in [5, 5.41) is 7.04. The molecule has 0 bridgehead atoms. The molecular formula is C11H24N2. The minimum Gasteiger partial charge on any atom is -0.301 e. The van der Waals surface area contributed by atoms with Crippen LogP contribution in [0.25, 0.3) is 0 Å². The zero-order valence-electron chi connectivity index (χ0n) is 9.65. The lowest BCUT2D eigenvalue weighted by Gasteiger charge is -2.40. The Morgan fingerprint density at radius 3 is 2.23 bits per heavy atom. The van der Waals surface area contributed by atoms with E-state index in [4.69, 9.17) is 0 Å². The van der Waals surface area contributed by atoms with Crippen LogP contribution in [-0.4, -0.2) is 18.8 Å². The Bertz CT molecular complexity index is 158. The van der Waals surface area contributed by atoms with Gasteiger partial charge >= 0.3 is 0 Å². The summed E-state index contributed by atoms with van der Waals surface area (Å²) < 4.78 is 0. The highest BCUT2D eigenvalue weighted by atomic mass is 15.1. The standard InChI is InChI=1S/C11H24N2/c1-8(2)9-6-10(11(3,4)5)13-7-12-9/h8-10,12-13H,6-7H2,1-5H3. The van der Waals surface area contributed by atoms with E-state index in [0.29, 0.717) is 17.5 Å². The summed E-state index contributed by atoms with van der Waals surface area (Å²) in [7, 11) is 0. The Hall–Kier alpha value is -0.0800. The van der Waals surface area contributed by atoms with Crippen LogP contribution in [0.3, 0.4) is 0 Å². The molecule has 0 spiro atoms. The first-order chi connectivity index (χ1) is 5.91. The molecule has 1 rings (SSSR count). The minimum atomic E-state index is 0.384. The van der Waals surface area contributed by atoms with Crippen molar-refractivity contribution in [1.29, 1.82) is 0 Å². The molecule has 1 saturated heterocycles. The average molecular weight is 184 g/mol. The van der Waals surface area contributed by atoms with E-state index in [0.717, 1.165) is 12.6 Å². The number of hydrogen-bond acceptors (Lipinski definition) is 2. The largest absolute Gasteiger partial charge is 0.301 e. The van der Waals surface area contributed by atoms with Gasteiger partial charge in [-0.1, -0.05) is 34.6 Å². The van der Waals surface area contributed by atoms with Crippen molar-refractivity contribution in [2.45, 2.75) is 53.1 Å². The molecule has 1 heterocycles. The Balaban J connectivity index is 2.52. The van der Waals surface area contributed by atoms with Crippen molar-refractivity contribution in [1.82, 2.24) is 10.6 Å². The Kier molecular flexibility index (Phi) is 3.36. The van der Waals surface area contributed by atoms with E-state index in [1.807, 2.05) is 0 Å². The first-order valence-electron chi connectivity index (χ1n) is 5.38. The van der Waals surface area contributed by atoms with Gasteiger partial charge in [0.05, 0.1) is 0 Å². The van der Waals surface area contributed by atoms with Gasteiger partial charge in [0, 0.05) is 18.8 Å². The van der Waals surface area contributed by atoms with Crippen molar-refractivity contribution in [3.05, 3.63) is 0 Å². The second kappa shape index (κ2) is 3.97.